The topological polar surface area (TPSA) is 84.5 Å². The number of amides is 1. The Kier molecular flexibility index (Phi) is 7.14. The van der Waals surface area contributed by atoms with Gasteiger partial charge < -0.3 is 10.1 Å². The number of fused-ring (bicyclic) bond motifs is 1. The van der Waals surface area contributed by atoms with Crippen LogP contribution in [0.1, 0.15) is 20.3 Å². The minimum atomic E-state index is -3.81. The molecule has 0 aliphatic rings. The normalized spacial score (nSPS) is 13.1. The highest BCUT2D eigenvalue weighted by Crippen LogP contribution is 2.19. The van der Waals surface area contributed by atoms with E-state index >= 15 is 0 Å². The van der Waals surface area contributed by atoms with Crippen LogP contribution in [0, 0.1) is 5.92 Å². The molecule has 0 heterocycles. The Bertz CT molecular complexity index is 849. The van der Waals surface area contributed by atoms with E-state index in [0.29, 0.717) is 19.6 Å². The van der Waals surface area contributed by atoms with Gasteiger partial charge in [-0.2, -0.15) is 4.72 Å². The van der Waals surface area contributed by atoms with Crippen LogP contribution < -0.4 is 10.0 Å². The number of carbonyl (C=O) groups is 1. The van der Waals surface area contributed by atoms with E-state index in [1.54, 1.807) is 25.3 Å². The highest BCUT2D eigenvalue weighted by Gasteiger charge is 2.28. The van der Waals surface area contributed by atoms with Crippen molar-refractivity contribution in [1.82, 2.24) is 10.0 Å². The van der Waals surface area contributed by atoms with Crippen LogP contribution in [-0.4, -0.2) is 40.6 Å². The number of benzene rings is 2. The fourth-order valence-corrected chi connectivity index (χ4v) is 3.98. The highest BCUT2D eigenvalue weighted by atomic mass is 32.2. The Morgan fingerprint density at radius 2 is 1.81 bits per heavy atom. The first-order valence-electron chi connectivity index (χ1n) is 8.63. The fraction of sp³-hybridized carbons (Fsp3) is 0.421. The van der Waals surface area contributed by atoms with Crippen molar-refractivity contribution in [3.63, 3.8) is 0 Å². The van der Waals surface area contributed by atoms with E-state index in [2.05, 4.69) is 10.0 Å². The van der Waals surface area contributed by atoms with E-state index in [0.717, 1.165) is 10.8 Å². The SMILES string of the molecule is COCCCNC(=O)C(NS(=O)(=O)c1ccc2ccccc2c1)C(C)C. The van der Waals surface area contributed by atoms with Gasteiger partial charge >= 0.3 is 0 Å². The molecule has 0 aliphatic heterocycles. The number of hydrogen-bond donors (Lipinski definition) is 2. The minimum absolute atomic E-state index is 0.147. The smallest absolute Gasteiger partial charge is 0.241 e. The Balaban J connectivity index is 2.16. The van der Waals surface area contributed by atoms with Gasteiger partial charge in [0.15, 0.2) is 0 Å². The molecule has 1 unspecified atom stereocenters. The van der Waals surface area contributed by atoms with E-state index in [9.17, 15) is 13.2 Å². The molecule has 0 bridgehead atoms. The Morgan fingerprint density at radius 1 is 1.12 bits per heavy atom. The summed E-state index contributed by atoms with van der Waals surface area (Å²) in [5.41, 5.74) is 0. The van der Waals surface area contributed by atoms with Crippen molar-refractivity contribution in [2.45, 2.75) is 31.2 Å². The third kappa shape index (κ3) is 5.27. The average Bonchev–Trinajstić information content (AvgIpc) is 2.62. The molecule has 0 saturated carbocycles. The van der Waals surface area contributed by atoms with Crippen molar-refractivity contribution < 1.29 is 17.9 Å². The zero-order chi connectivity index (χ0) is 19.2. The standard InChI is InChI=1S/C19H26N2O4S/c1-14(2)18(19(22)20-11-6-12-25-3)21-26(23,24)17-10-9-15-7-4-5-8-16(15)13-17/h4-5,7-10,13-14,18,21H,6,11-12H2,1-3H3,(H,20,22). The highest BCUT2D eigenvalue weighted by molar-refractivity contribution is 7.89. The van der Waals surface area contributed by atoms with Crippen molar-refractivity contribution in [2.24, 2.45) is 5.92 Å². The predicted octanol–water partition coefficient (Wildman–Crippen LogP) is 2.30. The molecule has 0 aliphatic carbocycles. The molecule has 0 aromatic heterocycles. The molecule has 2 aromatic rings. The van der Waals surface area contributed by atoms with Gasteiger partial charge in [0.05, 0.1) is 4.90 Å². The molecular weight excluding hydrogens is 352 g/mol. The molecule has 6 nitrogen and oxygen atoms in total. The van der Waals surface area contributed by atoms with Gasteiger partial charge in [0.2, 0.25) is 15.9 Å². The summed E-state index contributed by atoms with van der Waals surface area (Å²) >= 11 is 0. The summed E-state index contributed by atoms with van der Waals surface area (Å²) in [6, 6.07) is 11.6. The first-order chi connectivity index (χ1) is 12.3. The number of nitrogens with one attached hydrogen (secondary N) is 2. The number of rotatable bonds is 9. The monoisotopic (exact) mass is 378 g/mol. The van der Waals surface area contributed by atoms with Crippen molar-refractivity contribution in [1.29, 1.82) is 0 Å². The zero-order valence-corrected chi connectivity index (χ0v) is 16.2. The fourth-order valence-electron chi connectivity index (χ4n) is 2.60. The quantitative estimate of drug-likeness (QED) is 0.656. The third-order valence-electron chi connectivity index (χ3n) is 4.09. The Labute approximate surface area is 155 Å². The molecular formula is C19H26N2O4S. The second kappa shape index (κ2) is 9.12. The first kappa shape index (κ1) is 20.4. The van der Waals surface area contributed by atoms with Gasteiger partial charge in [0, 0.05) is 20.3 Å². The molecule has 1 atom stereocenters. The van der Waals surface area contributed by atoms with Gasteiger partial charge in [-0.05, 0) is 35.2 Å². The third-order valence-corrected chi connectivity index (χ3v) is 5.53. The number of hydrogen-bond acceptors (Lipinski definition) is 4. The molecule has 0 radical (unpaired) electrons. The lowest BCUT2D eigenvalue weighted by Gasteiger charge is -2.21. The first-order valence-corrected chi connectivity index (χ1v) is 10.1. The molecule has 0 fully saturated rings. The minimum Gasteiger partial charge on any atom is -0.385 e. The molecule has 7 heteroatoms. The molecule has 142 valence electrons. The summed E-state index contributed by atoms with van der Waals surface area (Å²) in [5, 5.41) is 4.55. The predicted molar refractivity (Wildman–Crippen MR) is 102 cm³/mol. The van der Waals surface area contributed by atoms with Crippen molar-refractivity contribution in [3.8, 4) is 0 Å². The van der Waals surface area contributed by atoms with E-state index in [1.807, 2.05) is 38.1 Å². The maximum Gasteiger partial charge on any atom is 0.241 e. The molecule has 2 aromatic carbocycles. The van der Waals surface area contributed by atoms with Crippen LogP contribution in [0.25, 0.3) is 10.8 Å². The lowest BCUT2D eigenvalue weighted by molar-refractivity contribution is -0.123. The van der Waals surface area contributed by atoms with E-state index in [4.69, 9.17) is 4.74 Å². The number of carbonyl (C=O) groups excluding carboxylic acids is 1. The molecule has 2 N–H and O–H groups in total. The van der Waals surface area contributed by atoms with Crippen LogP contribution >= 0.6 is 0 Å². The summed E-state index contributed by atoms with van der Waals surface area (Å²) in [6.07, 6.45) is 0.671. The second-order valence-electron chi connectivity index (χ2n) is 6.49. The van der Waals surface area contributed by atoms with Crippen molar-refractivity contribution in [3.05, 3.63) is 42.5 Å². The maximum absolute atomic E-state index is 12.8. The summed E-state index contributed by atoms with van der Waals surface area (Å²) in [4.78, 5) is 12.5. The maximum atomic E-state index is 12.8. The second-order valence-corrected chi connectivity index (χ2v) is 8.20. The van der Waals surface area contributed by atoms with Crippen LogP contribution in [0.15, 0.2) is 47.4 Å². The van der Waals surface area contributed by atoms with E-state index in [1.165, 1.54) is 0 Å². The summed E-state index contributed by atoms with van der Waals surface area (Å²) in [6.45, 7) is 4.59. The molecule has 0 saturated heterocycles. The van der Waals surface area contributed by atoms with Gasteiger partial charge in [-0.3, -0.25) is 4.79 Å². The molecule has 26 heavy (non-hydrogen) atoms. The van der Waals surface area contributed by atoms with Crippen LogP contribution in [0.3, 0.4) is 0 Å². The van der Waals surface area contributed by atoms with Crippen LogP contribution in [0.4, 0.5) is 0 Å². The number of methoxy groups -OCH3 is 1. The van der Waals surface area contributed by atoms with Crippen LogP contribution in [0.5, 0.6) is 0 Å². The van der Waals surface area contributed by atoms with Gasteiger partial charge in [0.25, 0.3) is 0 Å². The zero-order valence-electron chi connectivity index (χ0n) is 15.4. The van der Waals surface area contributed by atoms with E-state index in [-0.39, 0.29) is 16.7 Å². The Morgan fingerprint density at radius 3 is 2.46 bits per heavy atom. The van der Waals surface area contributed by atoms with Crippen molar-refractivity contribution in [2.75, 3.05) is 20.3 Å². The summed E-state index contributed by atoms with van der Waals surface area (Å²) in [7, 11) is -2.22. The molecule has 1 amide bonds. The average molecular weight is 378 g/mol. The van der Waals surface area contributed by atoms with Crippen molar-refractivity contribution >= 4 is 26.7 Å². The molecule has 0 spiro atoms. The Hall–Kier alpha value is -1.96. The molecule has 2 rings (SSSR count). The number of ether oxygens (including phenoxy) is 1. The van der Waals surface area contributed by atoms with Gasteiger partial charge in [-0.15, -0.1) is 0 Å². The lowest BCUT2D eigenvalue weighted by atomic mass is 10.1. The van der Waals surface area contributed by atoms with Gasteiger partial charge in [0.1, 0.15) is 6.04 Å². The van der Waals surface area contributed by atoms with Crippen LogP contribution in [0.2, 0.25) is 0 Å². The van der Waals surface area contributed by atoms with Gasteiger partial charge in [-0.1, -0.05) is 44.2 Å². The summed E-state index contributed by atoms with van der Waals surface area (Å²) in [5.74, 6) is -0.520. The summed E-state index contributed by atoms with van der Waals surface area (Å²) < 4.78 is 33.0. The van der Waals surface area contributed by atoms with Gasteiger partial charge in [-0.25, -0.2) is 8.42 Å². The largest absolute Gasteiger partial charge is 0.385 e. The van der Waals surface area contributed by atoms with Crippen LogP contribution in [-0.2, 0) is 19.6 Å². The van der Waals surface area contributed by atoms with E-state index < -0.39 is 16.1 Å². The lowest BCUT2D eigenvalue weighted by Crippen LogP contribution is -2.49. The number of sulfonamides is 1.